The minimum atomic E-state index is -1.09. The molecule has 0 amide bonds. The molecule has 0 saturated heterocycles. The number of halogens is 2. The standard InChI is InChI=1S/C22H24F2O3/c1-15-18(4-3-5-19(15)24)22(20(25)26)12-10-21(2,11-13-22)27-14-16-6-8-17(23)9-7-16/h3-9H,10-14H2,1-2H3,(H,25,26). The maximum Gasteiger partial charge on any atom is 0.314 e. The zero-order valence-corrected chi connectivity index (χ0v) is 15.6. The zero-order valence-electron chi connectivity index (χ0n) is 15.6. The summed E-state index contributed by atoms with van der Waals surface area (Å²) in [5.41, 5.74) is 0.263. The van der Waals surface area contributed by atoms with Crippen LogP contribution in [0.5, 0.6) is 0 Å². The van der Waals surface area contributed by atoms with Crippen LogP contribution >= 0.6 is 0 Å². The van der Waals surface area contributed by atoms with Crippen molar-refractivity contribution in [3.63, 3.8) is 0 Å². The molecular weight excluding hydrogens is 350 g/mol. The van der Waals surface area contributed by atoms with Crippen molar-refractivity contribution in [2.45, 2.75) is 57.2 Å². The number of carboxylic acids is 1. The molecule has 1 aliphatic carbocycles. The normalized spacial score (nSPS) is 25.3. The van der Waals surface area contributed by atoms with Gasteiger partial charge in [-0.3, -0.25) is 4.79 Å². The molecule has 0 aromatic heterocycles. The molecule has 2 aromatic rings. The van der Waals surface area contributed by atoms with Crippen molar-refractivity contribution in [2.75, 3.05) is 0 Å². The molecule has 0 unspecified atom stereocenters. The monoisotopic (exact) mass is 374 g/mol. The Morgan fingerprint density at radius 3 is 2.30 bits per heavy atom. The smallest absolute Gasteiger partial charge is 0.314 e. The number of rotatable bonds is 5. The third-order valence-electron chi connectivity index (χ3n) is 5.85. The van der Waals surface area contributed by atoms with Gasteiger partial charge in [0.2, 0.25) is 0 Å². The van der Waals surface area contributed by atoms with Gasteiger partial charge in [0.25, 0.3) is 0 Å². The summed E-state index contributed by atoms with van der Waals surface area (Å²) in [5.74, 6) is -1.59. The summed E-state index contributed by atoms with van der Waals surface area (Å²) in [6.45, 7) is 3.95. The molecule has 1 fully saturated rings. The molecule has 2 aromatic carbocycles. The lowest BCUT2D eigenvalue weighted by Crippen LogP contribution is -2.46. The minimum absolute atomic E-state index is 0.292. The molecule has 0 radical (unpaired) electrons. The Bertz CT molecular complexity index is 822. The molecule has 0 aliphatic heterocycles. The average molecular weight is 374 g/mol. The number of ether oxygens (including phenoxy) is 1. The highest BCUT2D eigenvalue weighted by molar-refractivity contribution is 5.82. The van der Waals surface area contributed by atoms with E-state index in [9.17, 15) is 18.7 Å². The summed E-state index contributed by atoms with van der Waals surface area (Å²) in [6, 6.07) is 10.8. The fourth-order valence-electron chi connectivity index (χ4n) is 3.91. The second kappa shape index (κ2) is 7.39. The lowest BCUT2D eigenvalue weighted by Gasteiger charge is -2.43. The Kier molecular flexibility index (Phi) is 5.33. The number of hydrogen-bond donors (Lipinski definition) is 1. The van der Waals surface area contributed by atoms with Crippen LogP contribution in [0, 0.1) is 18.6 Å². The van der Waals surface area contributed by atoms with Gasteiger partial charge in [0.1, 0.15) is 11.6 Å². The first-order valence-corrected chi connectivity index (χ1v) is 9.13. The van der Waals surface area contributed by atoms with Crippen LogP contribution in [0.4, 0.5) is 8.78 Å². The molecule has 0 heterocycles. The first-order valence-electron chi connectivity index (χ1n) is 9.13. The summed E-state index contributed by atoms with van der Waals surface area (Å²) < 4.78 is 33.1. The summed E-state index contributed by atoms with van der Waals surface area (Å²) in [6.07, 6.45) is 1.87. The van der Waals surface area contributed by atoms with Gasteiger partial charge in [-0.15, -0.1) is 0 Å². The van der Waals surface area contributed by atoms with Gasteiger partial charge >= 0.3 is 5.97 Å². The number of carboxylic acid groups (broad SMARTS) is 1. The minimum Gasteiger partial charge on any atom is -0.481 e. The predicted octanol–water partition coefficient (Wildman–Crippen LogP) is 5.15. The van der Waals surface area contributed by atoms with Crippen LogP contribution in [-0.2, 0) is 21.6 Å². The van der Waals surface area contributed by atoms with Crippen LogP contribution in [0.2, 0.25) is 0 Å². The van der Waals surface area contributed by atoms with Gasteiger partial charge in [0.05, 0.1) is 17.6 Å². The molecule has 1 aliphatic rings. The van der Waals surface area contributed by atoms with Crippen LogP contribution in [-0.4, -0.2) is 16.7 Å². The van der Waals surface area contributed by atoms with Crippen LogP contribution in [0.15, 0.2) is 42.5 Å². The summed E-state index contributed by atoms with van der Waals surface area (Å²) in [7, 11) is 0. The third kappa shape index (κ3) is 3.88. The highest BCUT2D eigenvalue weighted by Gasteiger charge is 2.48. The van der Waals surface area contributed by atoms with Crippen molar-refractivity contribution >= 4 is 5.97 Å². The van der Waals surface area contributed by atoms with Gasteiger partial charge < -0.3 is 9.84 Å². The largest absolute Gasteiger partial charge is 0.481 e. The first-order chi connectivity index (χ1) is 12.8. The van der Waals surface area contributed by atoms with E-state index in [0.717, 1.165) is 5.56 Å². The second-order valence-corrected chi connectivity index (χ2v) is 7.66. The van der Waals surface area contributed by atoms with E-state index in [1.54, 1.807) is 31.2 Å². The highest BCUT2D eigenvalue weighted by atomic mass is 19.1. The summed E-state index contributed by atoms with van der Waals surface area (Å²) in [4.78, 5) is 12.2. The van der Waals surface area contributed by atoms with E-state index in [4.69, 9.17) is 4.74 Å². The van der Waals surface area contributed by atoms with Crippen LogP contribution in [0.25, 0.3) is 0 Å². The zero-order chi connectivity index (χ0) is 19.7. The quantitative estimate of drug-likeness (QED) is 0.788. The van der Waals surface area contributed by atoms with Crippen molar-refractivity contribution in [3.8, 4) is 0 Å². The number of aliphatic carboxylic acids is 1. The van der Waals surface area contributed by atoms with Crippen molar-refractivity contribution in [1.82, 2.24) is 0 Å². The molecule has 0 bridgehead atoms. The predicted molar refractivity (Wildman–Crippen MR) is 98.5 cm³/mol. The Hall–Kier alpha value is -2.27. The SMILES string of the molecule is Cc1c(F)cccc1C1(C(=O)O)CCC(C)(OCc2ccc(F)cc2)CC1. The van der Waals surface area contributed by atoms with Gasteiger partial charge in [0, 0.05) is 0 Å². The molecule has 27 heavy (non-hydrogen) atoms. The van der Waals surface area contributed by atoms with Crippen LogP contribution in [0.3, 0.4) is 0 Å². The Morgan fingerprint density at radius 2 is 1.70 bits per heavy atom. The van der Waals surface area contributed by atoms with Gasteiger partial charge in [-0.2, -0.15) is 0 Å². The molecule has 3 nitrogen and oxygen atoms in total. The molecular formula is C22H24F2O3. The maximum absolute atomic E-state index is 14.0. The third-order valence-corrected chi connectivity index (χ3v) is 5.85. The lowest BCUT2D eigenvalue weighted by molar-refractivity contribution is -0.149. The van der Waals surface area contributed by atoms with E-state index in [-0.39, 0.29) is 11.6 Å². The summed E-state index contributed by atoms with van der Waals surface area (Å²) in [5, 5.41) is 9.96. The topological polar surface area (TPSA) is 46.5 Å². The van der Waals surface area contributed by atoms with Crippen molar-refractivity contribution in [1.29, 1.82) is 0 Å². The first kappa shape index (κ1) is 19.5. The fourth-order valence-corrected chi connectivity index (χ4v) is 3.91. The molecule has 144 valence electrons. The van der Waals surface area contributed by atoms with Crippen molar-refractivity contribution in [3.05, 3.63) is 70.8 Å². The lowest BCUT2D eigenvalue weighted by atomic mass is 9.64. The Morgan fingerprint density at radius 1 is 1.07 bits per heavy atom. The maximum atomic E-state index is 14.0. The number of carbonyl (C=O) groups is 1. The van der Waals surface area contributed by atoms with E-state index in [1.165, 1.54) is 18.2 Å². The summed E-state index contributed by atoms with van der Waals surface area (Å²) >= 11 is 0. The number of hydrogen-bond acceptors (Lipinski definition) is 2. The molecule has 0 atom stereocenters. The van der Waals surface area contributed by atoms with E-state index >= 15 is 0 Å². The highest BCUT2D eigenvalue weighted by Crippen LogP contribution is 2.46. The molecule has 0 spiro atoms. The second-order valence-electron chi connectivity index (χ2n) is 7.66. The van der Waals surface area contributed by atoms with E-state index in [1.807, 2.05) is 6.92 Å². The van der Waals surface area contributed by atoms with E-state index in [0.29, 0.717) is 43.4 Å². The van der Waals surface area contributed by atoms with Gasteiger partial charge in [-0.05, 0) is 74.4 Å². The molecule has 3 rings (SSSR count). The molecule has 1 N–H and O–H groups in total. The van der Waals surface area contributed by atoms with E-state index in [2.05, 4.69) is 0 Å². The average Bonchev–Trinajstić information content (AvgIpc) is 2.64. The van der Waals surface area contributed by atoms with Gasteiger partial charge in [-0.25, -0.2) is 8.78 Å². The van der Waals surface area contributed by atoms with Crippen molar-refractivity contribution < 1.29 is 23.4 Å². The van der Waals surface area contributed by atoms with Crippen LogP contribution in [0.1, 0.15) is 49.3 Å². The molecule has 1 saturated carbocycles. The van der Waals surface area contributed by atoms with Gasteiger partial charge in [0.15, 0.2) is 0 Å². The number of benzene rings is 2. The van der Waals surface area contributed by atoms with Crippen molar-refractivity contribution in [2.24, 2.45) is 0 Å². The Labute approximate surface area is 158 Å². The van der Waals surface area contributed by atoms with Gasteiger partial charge in [-0.1, -0.05) is 24.3 Å². The van der Waals surface area contributed by atoms with E-state index < -0.39 is 17.0 Å². The van der Waals surface area contributed by atoms with Crippen LogP contribution < -0.4 is 0 Å². The molecule has 5 heteroatoms. The fraction of sp³-hybridized carbons (Fsp3) is 0.409. The Balaban J connectivity index is 1.75.